The number of carbonyl (C=O) groups excluding carboxylic acids is 2. The molecule has 162 valence electrons. The average Bonchev–Trinajstić information content (AvgIpc) is 2.77. The maximum absolute atomic E-state index is 13.0. The van der Waals surface area contributed by atoms with Crippen molar-refractivity contribution in [2.75, 3.05) is 13.1 Å². The molecule has 5 rings (SSSR count). The second-order valence-electron chi connectivity index (χ2n) is 8.76. The Kier molecular flexibility index (Phi) is 5.29. The van der Waals surface area contributed by atoms with E-state index in [9.17, 15) is 14.4 Å². The van der Waals surface area contributed by atoms with E-state index >= 15 is 0 Å². The maximum atomic E-state index is 13.0. The highest BCUT2D eigenvalue weighted by Crippen LogP contribution is 2.35. The molecule has 1 N–H and O–H groups in total. The van der Waals surface area contributed by atoms with E-state index in [2.05, 4.69) is 9.97 Å². The first kappa shape index (κ1) is 19.9. The third kappa shape index (κ3) is 3.75. The molecule has 0 bridgehead atoms. The predicted octanol–water partition coefficient (Wildman–Crippen LogP) is 2.22. The number of piperidine rings is 1. The summed E-state index contributed by atoms with van der Waals surface area (Å²) in [5.74, 6) is 0.801. The van der Waals surface area contributed by atoms with Gasteiger partial charge in [0.1, 0.15) is 5.82 Å². The van der Waals surface area contributed by atoms with Crippen LogP contribution in [0, 0.1) is 5.92 Å². The second kappa shape index (κ2) is 8.24. The monoisotopic (exact) mass is 421 g/mol. The Bertz CT molecular complexity index is 1050. The van der Waals surface area contributed by atoms with Gasteiger partial charge in [0.15, 0.2) is 0 Å². The Balaban J connectivity index is 1.42. The SMILES string of the molecule is O=C(c1ccncc1)N1CCc2c(nc(C3CCCCN3C(=O)C3CCC3)[nH]c2=O)C1. The van der Waals surface area contributed by atoms with Gasteiger partial charge in [-0.05, 0) is 50.7 Å². The van der Waals surface area contributed by atoms with Crippen LogP contribution in [0.3, 0.4) is 0 Å². The summed E-state index contributed by atoms with van der Waals surface area (Å²) >= 11 is 0. The van der Waals surface area contributed by atoms with Crippen LogP contribution < -0.4 is 5.56 Å². The first-order valence-corrected chi connectivity index (χ1v) is 11.2. The number of rotatable bonds is 3. The van der Waals surface area contributed by atoms with Gasteiger partial charge in [-0.25, -0.2) is 4.98 Å². The fourth-order valence-electron chi connectivity index (χ4n) is 4.84. The summed E-state index contributed by atoms with van der Waals surface area (Å²) in [6.45, 7) is 1.50. The van der Waals surface area contributed by atoms with Crippen LogP contribution in [0.5, 0.6) is 0 Å². The number of amides is 2. The van der Waals surface area contributed by atoms with Crippen LogP contribution >= 0.6 is 0 Å². The van der Waals surface area contributed by atoms with Crippen LogP contribution in [0.25, 0.3) is 0 Å². The number of nitrogens with one attached hydrogen (secondary N) is 1. The highest BCUT2D eigenvalue weighted by molar-refractivity contribution is 5.94. The maximum Gasteiger partial charge on any atom is 0.254 e. The van der Waals surface area contributed by atoms with Gasteiger partial charge >= 0.3 is 0 Å². The lowest BCUT2D eigenvalue weighted by Gasteiger charge is -2.39. The van der Waals surface area contributed by atoms with Gasteiger partial charge in [-0.3, -0.25) is 19.4 Å². The topological polar surface area (TPSA) is 99.3 Å². The van der Waals surface area contributed by atoms with Crippen LogP contribution in [0.4, 0.5) is 0 Å². The lowest BCUT2D eigenvalue weighted by Crippen LogP contribution is -2.45. The molecule has 1 aliphatic carbocycles. The molecule has 0 spiro atoms. The zero-order chi connectivity index (χ0) is 21.4. The second-order valence-corrected chi connectivity index (χ2v) is 8.76. The van der Waals surface area contributed by atoms with E-state index in [4.69, 9.17) is 4.98 Å². The molecule has 2 amide bonds. The number of likely N-dealkylation sites (tertiary alicyclic amines) is 1. The quantitative estimate of drug-likeness (QED) is 0.819. The third-order valence-corrected chi connectivity index (χ3v) is 6.86. The molecule has 2 aromatic heterocycles. The van der Waals surface area contributed by atoms with Crippen LogP contribution in [0.2, 0.25) is 0 Å². The van der Waals surface area contributed by atoms with Crippen LogP contribution in [0.15, 0.2) is 29.3 Å². The minimum atomic E-state index is -0.189. The summed E-state index contributed by atoms with van der Waals surface area (Å²) < 4.78 is 0. The number of aromatic amines is 1. The molecule has 4 heterocycles. The third-order valence-electron chi connectivity index (χ3n) is 6.86. The summed E-state index contributed by atoms with van der Waals surface area (Å²) in [7, 11) is 0. The molecule has 1 unspecified atom stereocenters. The summed E-state index contributed by atoms with van der Waals surface area (Å²) in [5.41, 5.74) is 1.73. The largest absolute Gasteiger partial charge is 0.332 e. The number of fused-ring (bicyclic) bond motifs is 1. The van der Waals surface area contributed by atoms with Crippen LogP contribution in [0.1, 0.15) is 72.0 Å². The van der Waals surface area contributed by atoms with Crippen molar-refractivity contribution in [2.24, 2.45) is 5.92 Å². The Hall–Kier alpha value is -3.03. The van der Waals surface area contributed by atoms with E-state index in [0.29, 0.717) is 48.7 Å². The van der Waals surface area contributed by atoms with E-state index in [1.54, 1.807) is 29.4 Å². The van der Waals surface area contributed by atoms with E-state index in [-0.39, 0.29) is 29.3 Å². The van der Waals surface area contributed by atoms with Crippen molar-refractivity contribution in [2.45, 2.75) is 57.5 Å². The predicted molar refractivity (Wildman–Crippen MR) is 113 cm³/mol. The first-order chi connectivity index (χ1) is 15.1. The van der Waals surface area contributed by atoms with Gasteiger partial charge < -0.3 is 14.8 Å². The summed E-state index contributed by atoms with van der Waals surface area (Å²) in [6.07, 6.45) is 9.51. The zero-order valence-electron chi connectivity index (χ0n) is 17.5. The van der Waals surface area contributed by atoms with Gasteiger partial charge in [-0.2, -0.15) is 0 Å². The molecule has 2 aromatic rings. The molecule has 8 nitrogen and oxygen atoms in total. The minimum Gasteiger partial charge on any atom is -0.332 e. The van der Waals surface area contributed by atoms with Crippen molar-refractivity contribution in [1.82, 2.24) is 24.8 Å². The minimum absolute atomic E-state index is 0.0869. The van der Waals surface area contributed by atoms with Crippen molar-refractivity contribution in [3.8, 4) is 0 Å². The Morgan fingerprint density at radius 3 is 2.58 bits per heavy atom. The Morgan fingerprint density at radius 2 is 1.84 bits per heavy atom. The lowest BCUT2D eigenvalue weighted by molar-refractivity contribution is -0.142. The van der Waals surface area contributed by atoms with E-state index in [0.717, 1.165) is 38.5 Å². The highest BCUT2D eigenvalue weighted by atomic mass is 16.2. The molecule has 0 radical (unpaired) electrons. The van der Waals surface area contributed by atoms with Crippen molar-refractivity contribution in [3.05, 3.63) is 57.5 Å². The zero-order valence-corrected chi connectivity index (χ0v) is 17.5. The number of hydrogen-bond donors (Lipinski definition) is 1. The van der Waals surface area contributed by atoms with Gasteiger partial charge in [0.05, 0.1) is 18.3 Å². The molecule has 3 aliphatic rings. The van der Waals surface area contributed by atoms with Crippen molar-refractivity contribution in [1.29, 1.82) is 0 Å². The molecule has 1 saturated heterocycles. The van der Waals surface area contributed by atoms with Crippen LogP contribution in [-0.2, 0) is 17.8 Å². The van der Waals surface area contributed by atoms with Crippen molar-refractivity contribution < 1.29 is 9.59 Å². The smallest absolute Gasteiger partial charge is 0.254 e. The Morgan fingerprint density at radius 1 is 1.03 bits per heavy atom. The van der Waals surface area contributed by atoms with Gasteiger partial charge in [0.2, 0.25) is 5.91 Å². The number of aromatic nitrogens is 3. The number of pyridine rings is 1. The fraction of sp³-hybridized carbons (Fsp3) is 0.522. The molecule has 1 saturated carbocycles. The van der Waals surface area contributed by atoms with Crippen LogP contribution in [-0.4, -0.2) is 49.7 Å². The standard InChI is InChI=1S/C23H27N5O3/c29-21-17-9-13-27(22(30)16-7-10-24-11-8-16)14-18(17)25-20(26-21)19-6-1-2-12-28(19)23(31)15-4-3-5-15/h7-8,10-11,15,19H,1-6,9,12-14H2,(H,25,26,29). The molecule has 2 aliphatic heterocycles. The van der Waals surface area contributed by atoms with Crippen molar-refractivity contribution >= 4 is 11.8 Å². The van der Waals surface area contributed by atoms with Gasteiger partial charge in [-0.1, -0.05) is 6.42 Å². The highest BCUT2D eigenvalue weighted by Gasteiger charge is 2.36. The van der Waals surface area contributed by atoms with Gasteiger partial charge in [0.25, 0.3) is 11.5 Å². The van der Waals surface area contributed by atoms with E-state index < -0.39 is 0 Å². The molecule has 2 fully saturated rings. The molecular formula is C23H27N5O3. The number of carbonyl (C=O) groups is 2. The van der Waals surface area contributed by atoms with Crippen molar-refractivity contribution in [3.63, 3.8) is 0 Å². The number of nitrogens with zero attached hydrogens (tertiary/aromatic N) is 4. The summed E-state index contributed by atoms with van der Waals surface area (Å²) in [6, 6.07) is 3.20. The average molecular weight is 422 g/mol. The number of H-pyrrole nitrogens is 1. The fourth-order valence-corrected chi connectivity index (χ4v) is 4.84. The molecule has 1 atom stereocenters. The molecule has 8 heteroatoms. The first-order valence-electron chi connectivity index (χ1n) is 11.2. The molecule has 0 aromatic carbocycles. The normalized spacial score (nSPS) is 21.4. The van der Waals surface area contributed by atoms with E-state index in [1.807, 2.05) is 4.90 Å². The summed E-state index contributed by atoms with van der Waals surface area (Å²) in [5, 5.41) is 0. The Labute approximate surface area is 180 Å². The van der Waals surface area contributed by atoms with Gasteiger partial charge in [0, 0.05) is 42.5 Å². The lowest BCUT2D eigenvalue weighted by atomic mass is 9.83. The summed E-state index contributed by atoms with van der Waals surface area (Å²) in [4.78, 5) is 54.1. The number of hydrogen-bond acceptors (Lipinski definition) is 5. The van der Waals surface area contributed by atoms with Gasteiger partial charge in [-0.15, -0.1) is 0 Å². The molecular weight excluding hydrogens is 394 g/mol. The van der Waals surface area contributed by atoms with E-state index in [1.165, 1.54) is 0 Å². The molecule has 31 heavy (non-hydrogen) atoms.